The van der Waals surface area contributed by atoms with Gasteiger partial charge in [-0.3, -0.25) is 0 Å². The van der Waals surface area contributed by atoms with Crippen molar-refractivity contribution in [2.45, 2.75) is 12.3 Å². The third-order valence-corrected chi connectivity index (χ3v) is 4.04. The van der Waals surface area contributed by atoms with E-state index in [1.165, 1.54) is 17.9 Å². The van der Waals surface area contributed by atoms with Crippen LogP contribution in [0.15, 0.2) is 18.2 Å². The number of thioether (sulfide) groups is 1. The Morgan fingerprint density at radius 1 is 1.47 bits per heavy atom. The Kier molecular flexibility index (Phi) is 2.09. The van der Waals surface area contributed by atoms with Crippen LogP contribution in [0.2, 0.25) is 0 Å². The molecule has 4 heteroatoms. The van der Waals surface area contributed by atoms with Crippen LogP contribution in [0.3, 0.4) is 0 Å². The van der Waals surface area contributed by atoms with Crippen LogP contribution in [0, 0.1) is 0 Å². The second kappa shape index (κ2) is 3.45. The molecule has 1 atom stereocenters. The van der Waals surface area contributed by atoms with Crippen molar-refractivity contribution < 1.29 is 0 Å². The Morgan fingerprint density at radius 3 is 3.13 bits per heavy atom. The fraction of sp³-hybridized carbons (Fsp3) is 0.364. The van der Waals surface area contributed by atoms with Crippen LogP contribution in [-0.4, -0.2) is 21.5 Å². The molecule has 0 amide bonds. The maximum Gasteiger partial charge on any atom is 0.111 e. The first kappa shape index (κ1) is 9.09. The van der Waals surface area contributed by atoms with Gasteiger partial charge >= 0.3 is 0 Å². The molecule has 2 aromatic rings. The number of imidazole rings is 1. The number of benzene rings is 1. The van der Waals surface area contributed by atoms with Crippen molar-refractivity contribution >= 4 is 28.5 Å². The van der Waals surface area contributed by atoms with Crippen LogP contribution in [0.25, 0.3) is 11.0 Å². The molecule has 2 heterocycles. The number of aromatic amines is 1. The topological polar surface area (TPSA) is 54.7 Å². The number of nitrogens with zero attached hydrogens (tertiary/aromatic N) is 1. The molecule has 0 bridgehead atoms. The number of nitrogens with two attached hydrogens (primary N) is 1. The second-order valence-corrected chi connectivity index (χ2v) is 5.08. The Morgan fingerprint density at radius 2 is 2.40 bits per heavy atom. The van der Waals surface area contributed by atoms with Crippen molar-refractivity contribution in [3.63, 3.8) is 0 Å². The van der Waals surface area contributed by atoms with E-state index in [4.69, 9.17) is 5.73 Å². The lowest BCUT2D eigenvalue weighted by molar-refractivity contribution is 0.733. The van der Waals surface area contributed by atoms with E-state index in [0.29, 0.717) is 5.92 Å². The molecule has 0 saturated carbocycles. The number of para-hydroxylation sites is 1. The molecule has 1 aromatic carbocycles. The maximum atomic E-state index is 5.88. The van der Waals surface area contributed by atoms with Crippen molar-refractivity contribution in [3.8, 4) is 0 Å². The Hall–Kier alpha value is -1.16. The second-order valence-electron chi connectivity index (χ2n) is 3.93. The normalized spacial score (nSPS) is 21.2. The average Bonchev–Trinajstić information content (AvgIpc) is 2.86. The summed E-state index contributed by atoms with van der Waals surface area (Å²) in [6.45, 7) is 0. The van der Waals surface area contributed by atoms with Gasteiger partial charge in [0.25, 0.3) is 0 Å². The zero-order valence-electron chi connectivity index (χ0n) is 8.36. The number of hydrogen-bond acceptors (Lipinski definition) is 3. The molecule has 0 aliphatic carbocycles. The highest BCUT2D eigenvalue weighted by Gasteiger charge is 2.20. The standard InChI is InChI=1S/C11H13N3S/c12-8-2-1-3-9-10(8)14-11(13-9)7-4-5-15-6-7/h1-3,7H,4-6,12H2,(H,13,14). The molecule has 3 nitrogen and oxygen atoms in total. The zero-order valence-corrected chi connectivity index (χ0v) is 9.18. The largest absolute Gasteiger partial charge is 0.397 e. The SMILES string of the molecule is Nc1cccc2[nH]c(C3CCSC3)nc12. The summed E-state index contributed by atoms with van der Waals surface area (Å²) in [7, 11) is 0. The van der Waals surface area contributed by atoms with Gasteiger partial charge in [0.1, 0.15) is 11.3 Å². The molecule has 0 radical (unpaired) electrons. The Bertz CT molecular complexity index is 486. The smallest absolute Gasteiger partial charge is 0.111 e. The van der Waals surface area contributed by atoms with Gasteiger partial charge in [0.2, 0.25) is 0 Å². The molecule has 3 rings (SSSR count). The molecular weight excluding hydrogens is 206 g/mol. The van der Waals surface area contributed by atoms with Gasteiger partial charge in [0, 0.05) is 11.7 Å². The maximum absolute atomic E-state index is 5.88. The number of nitrogen functional groups attached to an aromatic ring is 1. The predicted octanol–water partition coefficient (Wildman–Crippen LogP) is 2.37. The molecule has 1 fully saturated rings. The summed E-state index contributed by atoms with van der Waals surface area (Å²) in [4.78, 5) is 7.97. The Balaban J connectivity index is 2.09. The van der Waals surface area contributed by atoms with Crippen LogP contribution in [-0.2, 0) is 0 Å². The van der Waals surface area contributed by atoms with Crippen LogP contribution in [0.4, 0.5) is 5.69 Å². The highest BCUT2D eigenvalue weighted by atomic mass is 32.2. The average molecular weight is 219 g/mol. The molecule has 1 unspecified atom stereocenters. The van der Waals surface area contributed by atoms with Gasteiger partial charge < -0.3 is 10.7 Å². The van der Waals surface area contributed by atoms with E-state index >= 15 is 0 Å². The number of fused-ring (bicyclic) bond motifs is 1. The van der Waals surface area contributed by atoms with Gasteiger partial charge in [-0.2, -0.15) is 11.8 Å². The number of nitrogens with one attached hydrogen (secondary N) is 1. The van der Waals surface area contributed by atoms with Gasteiger partial charge in [-0.05, 0) is 24.3 Å². The van der Waals surface area contributed by atoms with E-state index in [1.54, 1.807) is 0 Å². The number of rotatable bonds is 1. The van der Waals surface area contributed by atoms with Crippen molar-refractivity contribution in [3.05, 3.63) is 24.0 Å². The van der Waals surface area contributed by atoms with Gasteiger partial charge in [-0.1, -0.05) is 6.07 Å². The minimum atomic E-state index is 0.585. The Labute approximate surface area is 92.5 Å². The first-order valence-electron chi connectivity index (χ1n) is 5.16. The van der Waals surface area contributed by atoms with E-state index in [2.05, 4.69) is 9.97 Å². The van der Waals surface area contributed by atoms with Crippen molar-refractivity contribution in [1.29, 1.82) is 0 Å². The minimum absolute atomic E-state index is 0.585. The van der Waals surface area contributed by atoms with E-state index in [1.807, 2.05) is 30.0 Å². The molecular formula is C11H13N3S. The van der Waals surface area contributed by atoms with Crippen LogP contribution in [0.5, 0.6) is 0 Å². The summed E-state index contributed by atoms with van der Waals surface area (Å²) >= 11 is 2.00. The predicted molar refractivity (Wildman–Crippen MR) is 65.2 cm³/mol. The fourth-order valence-electron chi connectivity index (χ4n) is 2.02. The summed E-state index contributed by atoms with van der Waals surface area (Å²) in [6.07, 6.45) is 1.23. The number of anilines is 1. The van der Waals surface area contributed by atoms with Crippen molar-refractivity contribution in [1.82, 2.24) is 9.97 Å². The first-order chi connectivity index (χ1) is 7.34. The molecule has 78 valence electrons. The highest BCUT2D eigenvalue weighted by Crippen LogP contribution is 2.32. The fourth-order valence-corrected chi connectivity index (χ4v) is 3.24. The van der Waals surface area contributed by atoms with Gasteiger partial charge in [0.15, 0.2) is 0 Å². The molecule has 1 aliphatic heterocycles. The van der Waals surface area contributed by atoms with E-state index in [0.717, 1.165) is 22.5 Å². The lowest BCUT2D eigenvalue weighted by Gasteiger charge is -2.01. The molecule has 1 aliphatic rings. The summed E-state index contributed by atoms with van der Waals surface area (Å²) in [5.74, 6) is 4.12. The number of H-pyrrole nitrogens is 1. The monoisotopic (exact) mass is 219 g/mol. The van der Waals surface area contributed by atoms with Gasteiger partial charge in [0.05, 0.1) is 11.2 Å². The third-order valence-electron chi connectivity index (χ3n) is 2.88. The molecule has 1 saturated heterocycles. The van der Waals surface area contributed by atoms with Crippen LogP contribution in [0.1, 0.15) is 18.2 Å². The van der Waals surface area contributed by atoms with Crippen LogP contribution >= 0.6 is 11.8 Å². The first-order valence-corrected chi connectivity index (χ1v) is 6.32. The van der Waals surface area contributed by atoms with E-state index < -0.39 is 0 Å². The highest BCUT2D eigenvalue weighted by molar-refractivity contribution is 7.99. The lowest BCUT2D eigenvalue weighted by atomic mass is 10.1. The summed E-state index contributed by atoms with van der Waals surface area (Å²) in [5.41, 5.74) is 8.62. The lowest BCUT2D eigenvalue weighted by Crippen LogP contribution is -1.98. The van der Waals surface area contributed by atoms with E-state index in [9.17, 15) is 0 Å². The van der Waals surface area contributed by atoms with Gasteiger partial charge in [-0.15, -0.1) is 0 Å². The summed E-state index contributed by atoms with van der Waals surface area (Å²) in [5, 5.41) is 0. The number of aromatic nitrogens is 2. The molecule has 1 aromatic heterocycles. The number of hydrogen-bond donors (Lipinski definition) is 2. The molecule has 15 heavy (non-hydrogen) atoms. The van der Waals surface area contributed by atoms with Crippen molar-refractivity contribution in [2.24, 2.45) is 0 Å². The summed E-state index contributed by atoms with van der Waals surface area (Å²) in [6, 6.07) is 5.89. The van der Waals surface area contributed by atoms with Crippen molar-refractivity contribution in [2.75, 3.05) is 17.2 Å². The van der Waals surface area contributed by atoms with E-state index in [-0.39, 0.29) is 0 Å². The molecule has 3 N–H and O–H groups in total. The summed E-state index contributed by atoms with van der Waals surface area (Å²) < 4.78 is 0. The minimum Gasteiger partial charge on any atom is -0.397 e. The molecule has 0 spiro atoms. The quantitative estimate of drug-likeness (QED) is 0.724. The van der Waals surface area contributed by atoms with Gasteiger partial charge in [-0.25, -0.2) is 4.98 Å². The third kappa shape index (κ3) is 1.49. The van der Waals surface area contributed by atoms with Crippen LogP contribution < -0.4 is 5.73 Å². The zero-order chi connectivity index (χ0) is 10.3.